The summed E-state index contributed by atoms with van der Waals surface area (Å²) in [5.74, 6) is -0.682. The average Bonchev–Trinajstić information content (AvgIpc) is 3.13. The van der Waals surface area contributed by atoms with Crippen molar-refractivity contribution in [1.29, 1.82) is 0 Å². The van der Waals surface area contributed by atoms with Gasteiger partial charge in [0, 0.05) is 11.5 Å². The maximum atomic E-state index is 13.3. The first-order valence-electron chi connectivity index (χ1n) is 6.16. The smallest absolute Gasteiger partial charge is 0.421 e. The minimum absolute atomic E-state index is 0.0924. The van der Waals surface area contributed by atoms with Crippen LogP contribution in [0, 0.1) is 19.8 Å². The molecule has 1 aromatic carbocycles. The number of rotatable bonds is 3. The first kappa shape index (κ1) is 14.2. The second kappa shape index (κ2) is 4.40. The molecule has 2 nitrogen and oxygen atoms in total. The molecule has 0 radical (unpaired) electrons. The van der Waals surface area contributed by atoms with Gasteiger partial charge in [0.15, 0.2) is 5.60 Å². The lowest BCUT2D eigenvalue weighted by atomic mass is 9.85. The van der Waals surface area contributed by atoms with Crippen LogP contribution >= 0.6 is 0 Å². The van der Waals surface area contributed by atoms with Gasteiger partial charge in [-0.1, -0.05) is 0 Å². The molecule has 0 amide bonds. The number of ether oxygens (including phenoxy) is 1. The van der Waals surface area contributed by atoms with Gasteiger partial charge in [0.25, 0.3) is 0 Å². The van der Waals surface area contributed by atoms with E-state index in [0.717, 1.165) is 5.56 Å². The first-order valence-corrected chi connectivity index (χ1v) is 6.16. The molecule has 2 rings (SSSR count). The lowest BCUT2D eigenvalue weighted by Gasteiger charge is -2.32. The zero-order valence-electron chi connectivity index (χ0n) is 11.1. The molecule has 1 saturated carbocycles. The number of methoxy groups -OCH3 is 1. The second-order valence-electron chi connectivity index (χ2n) is 5.18. The summed E-state index contributed by atoms with van der Waals surface area (Å²) >= 11 is 0. The molecule has 0 bridgehead atoms. The van der Waals surface area contributed by atoms with Crippen molar-refractivity contribution in [3.05, 3.63) is 28.8 Å². The predicted molar refractivity (Wildman–Crippen MR) is 65.1 cm³/mol. The molecule has 1 aliphatic carbocycles. The quantitative estimate of drug-likeness (QED) is 0.914. The largest absolute Gasteiger partial charge is 0.496 e. The molecular formula is C14H17F3O2. The van der Waals surface area contributed by atoms with Crippen molar-refractivity contribution in [2.75, 3.05) is 7.11 Å². The van der Waals surface area contributed by atoms with Crippen molar-refractivity contribution in [3.8, 4) is 5.75 Å². The lowest BCUT2D eigenvalue weighted by molar-refractivity contribution is -0.275. The van der Waals surface area contributed by atoms with E-state index in [9.17, 15) is 18.3 Å². The third-order valence-corrected chi connectivity index (χ3v) is 3.83. The third-order valence-electron chi connectivity index (χ3n) is 3.83. The van der Waals surface area contributed by atoms with Crippen LogP contribution in [0.15, 0.2) is 12.1 Å². The molecule has 0 aromatic heterocycles. The van der Waals surface area contributed by atoms with Crippen molar-refractivity contribution in [2.45, 2.75) is 38.5 Å². The Bertz CT molecular complexity index is 492. The van der Waals surface area contributed by atoms with Gasteiger partial charge in [-0.3, -0.25) is 0 Å². The van der Waals surface area contributed by atoms with E-state index in [-0.39, 0.29) is 11.3 Å². The van der Waals surface area contributed by atoms with E-state index in [0.29, 0.717) is 18.4 Å². The molecule has 0 heterocycles. The van der Waals surface area contributed by atoms with Gasteiger partial charge in [-0.25, -0.2) is 0 Å². The van der Waals surface area contributed by atoms with E-state index >= 15 is 0 Å². The topological polar surface area (TPSA) is 29.5 Å². The average molecular weight is 274 g/mol. The molecule has 1 aliphatic rings. The summed E-state index contributed by atoms with van der Waals surface area (Å²) in [6.45, 7) is 3.52. The Morgan fingerprint density at radius 2 is 1.68 bits per heavy atom. The summed E-state index contributed by atoms with van der Waals surface area (Å²) in [5.41, 5.74) is -1.44. The highest BCUT2D eigenvalue weighted by Gasteiger charge is 2.63. The highest BCUT2D eigenvalue weighted by molar-refractivity contribution is 5.46. The number of alkyl halides is 3. The molecule has 106 valence electrons. The Morgan fingerprint density at radius 3 is 2.11 bits per heavy atom. The summed E-state index contributed by atoms with van der Waals surface area (Å²) in [5, 5.41) is 10.3. The van der Waals surface area contributed by atoms with Crippen LogP contribution < -0.4 is 4.74 Å². The Hall–Kier alpha value is -1.23. The molecule has 0 aliphatic heterocycles. The third kappa shape index (κ3) is 2.20. The highest BCUT2D eigenvalue weighted by atomic mass is 19.4. The maximum absolute atomic E-state index is 13.3. The molecule has 1 atom stereocenters. The number of hydrogen-bond acceptors (Lipinski definition) is 2. The van der Waals surface area contributed by atoms with Crippen LogP contribution in [0.2, 0.25) is 0 Å². The Kier molecular flexibility index (Phi) is 3.29. The molecular weight excluding hydrogens is 257 g/mol. The van der Waals surface area contributed by atoms with E-state index in [4.69, 9.17) is 4.74 Å². The second-order valence-corrected chi connectivity index (χ2v) is 5.18. The maximum Gasteiger partial charge on any atom is 0.421 e. The molecule has 5 heteroatoms. The van der Waals surface area contributed by atoms with Crippen LogP contribution in [0.4, 0.5) is 13.2 Å². The van der Waals surface area contributed by atoms with Gasteiger partial charge in [-0.15, -0.1) is 0 Å². The normalized spacial score (nSPS) is 19.1. The molecule has 1 aromatic rings. The van der Waals surface area contributed by atoms with Gasteiger partial charge >= 0.3 is 6.18 Å². The number of halogens is 3. The fraction of sp³-hybridized carbons (Fsp3) is 0.571. The summed E-state index contributed by atoms with van der Waals surface area (Å²) in [4.78, 5) is 0. The lowest BCUT2D eigenvalue weighted by Crippen LogP contribution is -2.44. The summed E-state index contributed by atoms with van der Waals surface area (Å²) in [6.07, 6.45) is -3.94. The van der Waals surface area contributed by atoms with E-state index < -0.39 is 17.7 Å². The number of hydrogen-bond donors (Lipinski definition) is 1. The van der Waals surface area contributed by atoms with E-state index in [1.165, 1.54) is 13.2 Å². The molecule has 19 heavy (non-hydrogen) atoms. The van der Waals surface area contributed by atoms with Gasteiger partial charge in [0.05, 0.1) is 7.11 Å². The summed E-state index contributed by atoms with van der Waals surface area (Å²) in [7, 11) is 1.32. The summed E-state index contributed by atoms with van der Waals surface area (Å²) < 4.78 is 45.0. The van der Waals surface area contributed by atoms with E-state index in [2.05, 4.69) is 0 Å². The van der Waals surface area contributed by atoms with Crippen LogP contribution in [0.25, 0.3) is 0 Å². The Balaban J connectivity index is 2.63. The fourth-order valence-electron chi connectivity index (χ4n) is 2.36. The van der Waals surface area contributed by atoms with Gasteiger partial charge in [-0.2, -0.15) is 13.2 Å². The minimum Gasteiger partial charge on any atom is -0.496 e. The highest BCUT2D eigenvalue weighted by Crippen LogP contribution is 2.56. The monoisotopic (exact) mass is 274 g/mol. The zero-order valence-corrected chi connectivity index (χ0v) is 11.1. The van der Waals surface area contributed by atoms with Crippen molar-refractivity contribution in [2.24, 2.45) is 5.92 Å². The molecule has 1 fully saturated rings. The number of aryl methyl sites for hydroxylation is 2. The van der Waals surface area contributed by atoms with Crippen molar-refractivity contribution >= 4 is 0 Å². The zero-order chi connectivity index (χ0) is 14.4. The van der Waals surface area contributed by atoms with Crippen LogP contribution in [-0.4, -0.2) is 18.4 Å². The van der Waals surface area contributed by atoms with E-state index in [1.807, 2.05) is 0 Å². The predicted octanol–water partition coefficient (Wildman–Crippen LogP) is 3.47. The van der Waals surface area contributed by atoms with Gasteiger partial charge in [0.2, 0.25) is 0 Å². The minimum atomic E-state index is -4.71. The van der Waals surface area contributed by atoms with Crippen LogP contribution in [0.1, 0.15) is 29.5 Å². The SMILES string of the molecule is COc1cc(C)c(C)cc1C(O)(C1CC1)C(F)(F)F. The van der Waals surface area contributed by atoms with Gasteiger partial charge in [-0.05, 0) is 49.9 Å². The molecule has 1 N–H and O–H groups in total. The Labute approximate surface area is 110 Å². The van der Waals surface area contributed by atoms with E-state index in [1.54, 1.807) is 19.9 Å². The van der Waals surface area contributed by atoms with Crippen molar-refractivity contribution in [3.63, 3.8) is 0 Å². The summed E-state index contributed by atoms with van der Waals surface area (Å²) in [6, 6.07) is 2.93. The van der Waals surface area contributed by atoms with Crippen molar-refractivity contribution < 1.29 is 23.0 Å². The van der Waals surface area contributed by atoms with Crippen LogP contribution in [0.3, 0.4) is 0 Å². The van der Waals surface area contributed by atoms with Gasteiger partial charge in [0.1, 0.15) is 5.75 Å². The fourth-order valence-corrected chi connectivity index (χ4v) is 2.36. The first-order chi connectivity index (χ1) is 8.71. The van der Waals surface area contributed by atoms with Crippen LogP contribution in [-0.2, 0) is 5.60 Å². The van der Waals surface area contributed by atoms with Crippen LogP contribution in [0.5, 0.6) is 5.75 Å². The Morgan fingerprint density at radius 1 is 1.16 bits per heavy atom. The number of aliphatic hydroxyl groups is 1. The number of benzene rings is 1. The molecule has 0 spiro atoms. The van der Waals surface area contributed by atoms with Gasteiger partial charge < -0.3 is 9.84 Å². The van der Waals surface area contributed by atoms with Crippen molar-refractivity contribution in [1.82, 2.24) is 0 Å². The standard InChI is InChI=1S/C14H17F3O2/c1-8-6-11(12(19-3)7-9(8)2)13(18,10-4-5-10)14(15,16)17/h6-7,10,18H,4-5H2,1-3H3. The molecule has 0 saturated heterocycles. The molecule has 1 unspecified atom stereocenters.